The number of imidazole rings is 1. The maximum absolute atomic E-state index is 13.5. The summed E-state index contributed by atoms with van der Waals surface area (Å²) in [5.41, 5.74) is 6.56. The lowest BCUT2D eigenvalue weighted by molar-refractivity contribution is -0.114. The second-order valence-corrected chi connectivity index (χ2v) is 12.1. The maximum Gasteiger partial charge on any atom is 0.283 e. The first-order valence-corrected chi connectivity index (χ1v) is 16.5. The van der Waals surface area contributed by atoms with Crippen molar-refractivity contribution in [1.82, 2.24) is 24.4 Å². The van der Waals surface area contributed by atoms with Crippen LogP contribution in [0.25, 0.3) is 16.9 Å². The molecule has 50 heavy (non-hydrogen) atoms. The molecule has 1 aliphatic heterocycles. The Morgan fingerprint density at radius 2 is 1.50 bits per heavy atom. The Kier molecular flexibility index (Phi) is 9.86. The minimum atomic E-state index is -1.07. The second-order valence-electron chi connectivity index (χ2n) is 12.1. The number of fused-ring (bicyclic) bond motifs is 1. The van der Waals surface area contributed by atoms with Gasteiger partial charge >= 0.3 is 0 Å². The van der Waals surface area contributed by atoms with E-state index in [0.717, 1.165) is 49.7 Å². The number of morpholine rings is 1. The van der Waals surface area contributed by atoms with Gasteiger partial charge in [-0.3, -0.25) is 14.3 Å². The molecule has 1 aliphatic rings. The van der Waals surface area contributed by atoms with Crippen molar-refractivity contribution in [3.8, 4) is 5.69 Å². The van der Waals surface area contributed by atoms with Gasteiger partial charge in [-0.15, -0.1) is 0 Å². The first-order chi connectivity index (χ1) is 24.5. The first kappa shape index (κ1) is 32.6. The molecule has 1 fully saturated rings. The van der Waals surface area contributed by atoms with Crippen LogP contribution in [0.15, 0.2) is 128 Å². The third-order valence-corrected chi connectivity index (χ3v) is 8.46. The quantitative estimate of drug-likeness (QED) is 0.134. The van der Waals surface area contributed by atoms with Gasteiger partial charge in [0.1, 0.15) is 6.33 Å². The van der Waals surface area contributed by atoms with Crippen molar-refractivity contribution < 1.29 is 13.9 Å². The molecule has 1 saturated heterocycles. The average molecular weight is 669 g/mol. The van der Waals surface area contributed by atoms with Crippen molar-refractivity contribution in [3.05, 3.63) is 145 Å². The molecule has 0 saturated carbocycles. The number of ether oxygens (including phenoxy) is 1. The van der Waals surface area contributed by atoms with Gasteiger partial charge in [0.2, 0.25) is 5.95 Å². The summed E-state index contributed by atoms with van der Waals surface area (Å²) in [7, 11) is 0. The molecule has 0 bridgehead atoms. The number of hydrogen-bond acceptors (Lipinski definition) is 8. The third-order valence-electron chi connectivity index (χ3n) is 8.46. The summed E-state index contributed by atoms with van der Waals surface area (Å²) in [6, 6.07) is 35.9. The second kappa shape index (κ2) is 15.1. The van der Waals surface area contributed by atoms with E-state index in [1.54, 1.807) is 24.5 Å². The molecule has 2 N–H and O–H groups in total. The van der Waals surface area contributed by atoms with Gasteiger partial charge in [0.25, 0.3) is 5.91 Å². The maximum atomic E-state index is 13.5. The van der Waals surface area contributed by atoms with Crippen LogP contribution in [0.5, 0.6) is 0 Å². The number of amides is 1. The Balaban J connectivity index is 1.28. The highest BCUT2D eigenvalue weighted by atomic mass is 19.1. The molecule has 4 aromatic carbocycles. The Bertz CT molecular complexity index is 2040. The number of halogens is 1. The highest BCUT2D eigenvalue weighted by molar-refractivity contribution is 6.01. The van der Waals surface area contributed by atoms with Crippen LogP contribution in [0, 0.1) is 0 Å². The fourth-order valence-corrected chi connectivity index (χ4v) is 5.94. The normalized spacial score (nSPS) is 13.2. The number of anilines is 4. The number of hydrogen-bond donors (Lipinski definition) is 2. The molecule has 0 aliphatic carbocycles. The van der Waals surface area contributed by atoms with E-state index in [9.17, 15) is 9.18 Å². The minimum Gasteiger partial charge on any atom is -0.379 e. The molecule has 0 radical (unpaired) electrons. The van der Waals surface area contributed by atoms with Crippen LogP contribution in [-0.4, -0.2) is 56.6 Å². The molecule has 1 amide bonds. The van der Waals surface area contributed by atoms with Gasteiger partial charge in [0.05, 0.1) is 18.9 Å². The summed E-state index contributed by atoms with van der Waals surface area (Å²) in [6.45, 7) is 8.49. The lowest BCUT2D eigenvalue weighted by atomic mass is 10.1. The topological polar surface area (TPSA) is 100 Å². The average Bonchev–Trinajstić information content (AvgIpc) is 3.57. The molecule has 252 valence electrons. The van der Waals surface area contributed by atoms with Crippen LogP contribution in [0.4, 0.5) is 27.5 Å². The van der Waals surface area contributed by atoms with Crippen LogP contribution < -0.4 is 15.5 Å². The van der Waals surface area contributed by atoms with Gasteiger partial charge in [-0.2, -0.15) is 9.97 Å². The van der Waals surface area contributed by atoms with Crippen molar-refractivity contribution in [2.24, 2.45) is 0 Å². The lowest BCUT2D eigenvalue weighted by Crippen LogP contribution is -2.35. The summed E-state index contributed by atoms with van der Waals surface area (Å²) in [5, 5.41) is 5.98. The zero-order valence-corrected chi connectivity index (χ0v) is 27.5. The smallest absolute Gasteiger partial charge is 0.283 e. The predicted octanol–water partition coefficient (Wildman–Crippen LogP) is 7.02. The summed E-state index contributed by atoms with van der Waals surface area (Å²) in [4.78, 5) is 31.5. The summed E-state index contributed by atoms with van der Waals surface area (Å²) >= 11 is 0. The van der Waals surface area contributed by atoms with Gasteiger partial charge < -0.3 is 20.3 Å². The lowest BCUT2D eigenvalue weighted by Gasteiger charge is -2.26. The third kappa shape index (κ3) is 7.86. The van der Waals surface area contributed by atoms with Crippen molar-refractivity contribution in [2.45, 2.75) is 19.6 Å². The fourth-order valence-electron chi connectivity index (χ4n) is 5.94. The Morgan fingerprint density at radius 3 is 2.16 bits per heavy atom. The zero-order valence-electron chi connectivity index (χ0n) is 27.5. The standard InChI is InChI=1S/C39H37FN8O2/c1-28(40)38(49)42-33-13-8-14-34(23-33)48-27-41-35-36(47(25-29-9-4-2-5-10-29)26-30-11-6-3-7-12-30)44-39(45-37(35)48)43-32-17-15-31(16-18-32)24-46-19-21-50-22-20-46/h2-18,23,27H,1,19-22,24-26H2,(H,42,49)(H,43,44,45). The van der Waals surface area contributed by atoms with Crippen molar-refractivity contribution in [3.63, 3.8) is 0 Å². The van der Waals surface area contributed by atoms with Crippen LogP contribution in [-0.2, 0) is 29.2 Å². The Labute approximate surface area is 289 Å². The Morgan fingerprint density at radius 1 is 0.820 bits per heavy atom. The number of nitrogens with zero attached hydrogens (tertiary/aromatic N) is 6. The van der Waals surface area contributed by atoms with E-state index in [0.29, 0.717) is 47.4 Å². The molecule has 7 rings (SSSR count). The van der Waals surface area contributed by atoms with E-state index in [2.05, 4.69) is 63.4 Å². The molecule has 3 heterocycles. The molecule has 0 atom stereocenters. The molecule has 10 nitrogen and oxygen atoms in total. The van der Waals surface area contributed by atoms with Crippen molar-refractivity contribution in [2.75, 3.05) is 41.8 Å². The van der Waals surface area contributed by atoms with Crippen LogP contribution in [0.1, 0.15) is 16.7 Å². The zero-order chi connectivity index (χ0) is 34.3. The molecule has 6 aromatic rings. The van der Waals surface area contributed by atoms with E-state index in [4.69, 9.17) is 19.7 Å². The van der Waals surface area contributed by atoms with E-state index in [-0.39, 0.29) is 0 Å². The van der Waals surface area contributed by atoms with Gasteiger partial charge in [0.15, 0.2) is 22.8 Å². The largest absolute Gasteiger partial charge is 0.379 e. The summed E-state index contributed by atoms with van der Waals surface area (Å²) in [6.07, 6.45) is 1.69. The summed E-state index contributed by atoms with van der Waals surface area (Å²) in [5.74, 6) is -0.907. The van der Waals surface area contributed by atoms with E-state index >= 15 is 0 Å². The number of nitrogens with one attached hydrogen (secondary N) is 2. The summed E-state index contributed by atoms with van der Waals surface area (Å²) < 4.78 is 20.8. The molecule has 2 aromatic heterocycles. The number of carbonyl (C=O) groups excluding carboxylic acids is 1. The molecule has 11 heteroatoms. The van der Waals surface area contributed by atoms with E-state index < -0.39 is 11.7 Å². The van der Waals surface area contributed by atoms with E-state index in [1.165, 1.54) is 5.56 Å². The van der Waals surface area contributed by atoms with Gasteiger partial charge in [-0.05, 0) is 47.0 Å². The fraction of sp³-hybridized carbons (Fsp3) is 0.179. The number of carbonyl (C=O) groups is 1. The molecular formula is C39H37FN8O2. The number of rotatable bonds is 12. The number of aromatic nitrogens is 4. The Hall–Kier alpha value is -5.91. The van der Waals surface area contributed by atoms with Crippen LogP contribution in [0.2, 0.25) is 0 Å². The van der Waals surface area contributed by atoms with Crippen LogP contribution >= 0.6 is 0 Å². The molecule has 0 spiro atoms. The van der Waals surface area contributed by atoms with Gasteiger partial charge in [-0.1, -0.05) is 85.4 Å². The first-order valence-electron chi connectivity index (χ1n) is 16.5. The van der Waals surface area contributed by atoms with Crippen molar-refractivity contribution >= 4 is 40.2 Å². The van der Waals surface area contributed by atoms with E-state index in [1.807, 2.05) is 59.2 Å². The molecular weight excluding hydrogens is 631 g/mol. The number of benzene rings is 4. The van der Waals surface area contributed by atoms with Gasteiger partial charge in [-0.25, -0.2) is 9.37 Å². The molecule has 0 unspecified atom stereocenters. The predicted molar refractivity (Wildman–Crippen MR) is 194 cm³/mol. The highest BCUT2D eigenvalue weighted by Crippen LogP contribution is 2.30. The van der Waals surface area contributed by atoms with Crippen molar-refractivity contribution in [1.29, 1.82) is 0 Å². The highest BCUT2D eigenvalue weighted by Gasteiger charge is 2.21. The minimum absolute atomic E-state index is 0.402. The SMILES string of the molecule is C=C(F)C(=O)Nc1cccc(-n2cnc3c(N(Cc4ccccc4)Cc4ccccc4)nc(Nc4ccc(CN5CCOCC5)cc4)nc32)c1. The van der Waals surface area contributed by atoms with Gasteiger partial charge in [0, 0.05) is 44.1 Å². The monoisotopic (exact) mass is 668 g/mol. The van der Waals surface area contributed by atoms with Crippen LogP contribution in [0.3, 0.4) is 0 Å².